The molecule has 1 fully saturated rings. The lowest BCUT2D eigenvalue weighted by Gasteiger charge is -2.03. The van der Waals surface area contributed by atoms with Gasteiger partial charge < -0.3 is 0 Å². The molecule has 0 aromatic heterocycles. The molecule has 12 heavy (non-hydrogen) atoms. The van der Waals surface area contributed by atoms with Crippen LogP contribution in [0.4, 0.5) is 0 Å². The molecule has 0 aromatic rings. The number of ketones is 1. The Kier molecular flexibility index (Phi) is 4.06. The lowest BCUT2D eigenvalue weighted by molar-refractivity contribution is -0.117. The highest BCUT2D eigenvalue weighted by Crippen LogP contribution is 2.26. The Morgan fingerprint density at radius 1 is 1.50 bits per heavy atom. The van der Waals surface area contributed by atoms with Gasteiger partial charge in [0.05, 0.1) is 0 Å². The molecule has 68 valence electrons. The van der Waals surface area contributed by atoms with Crippen LogP contribution in [0.15, 0.2) is 12.2 Å². The van der Waals surface area contributed by atoms with E-state index in [9.17, 15) is 4.79 Å². The van der Waals surface area contributed by atoms with Crippen molar-refractivity contribution in [1.82, 2.24) is 0 Å². The molecule has 0 N–H and O–H groups in total. The smallest absolute Gasteiger partial charge is 0.133 e. The van der Waals surface area contributed by atoms with Crippen LogP contribution in [-0.4, -0.2) is 5.78 Å². The molecule has 0 spiro atoms. The van der Waals surface area contributed by atoms with Crippen molar-refractivity contribution in [3.8, 4) is 0 Å². The van der Waals surface area contributed by atoms with Crippen molar-refractivity contribution in [3.63, 3.8) is 0 Å². The molecule has 1 unspecified atom stereocenters. The fraction of sp³-hybridized carbons (Fsp3) is 0.727. The highest BCUT2D eigenvalue weighted by molar-refractivity contribution is 5.80. The number of carbonyl (C=O) groups is 1. The lowest BCUT2D eigenvalue weighted by atomic mass is 10.0. The number of rotatable bonds is 4. The second kappa shape index (κ2) is 5.13. The summed E-state index contributed by atoms with van der Waals surface area (Å²) in [5.74, 6) is 1.17. The van der Waals surface area contributed by atoms with E-state index in [1.165, 1.54) is 6.42 Å². The average Bonchev–Trinajstić information content (AvgIpc) is 2.45. The van der Waals surface area contributed by atoms with Gasteiger partial charge in [0, 0.05) is 12.8 Å². The molecule has 0 aromatic carbocycles. The predicted molar refractivity (Wildman–Crippen MR) is 51.0 cm³/mol. The molecule has 0 radical (unpaired) electrons. The summed E-state index contributed by atoms with van der Waals surface area (Å²) in [6, 6.07) is 0. The Morgan fingerprint density at radius 2 is 2.33 bits per heavy atom. The standard InChI is InChI=1S/C11H18O/c1-2-3-4-5-6-10-7-8-11(12)9-10/h3-4,10H,2,5-9H2,1H3/b4-3-. The maximum atomic E-state index is 10.9. The minimum Gasteiger partial charge on any atom is -0.300 e. The van der Waals surface area contributed by atoms with Crippen LogP contribution in [0.3, 0.4) is 0 Å². The first kappa shape index (κ1) is 9.50. The topological polar surface area (TPSA) is 17.1 Å². The fourth-order valence-corrected chi connectivity index (χ4v) is 1.75. The van der Waals surface area contributed by atoms with E-state index in [2.05, 4.69) is 19.1 Å². The van der Waals surface area contributed by atoms with Crippen molar-refractivity contribution in [1.29, 1.82) is 0 Å². The Morgan fingerprint density at radius 3 is 2.92 bits per heavy atom. The van der Waals surface area contributed by atoms with Gasteiger partial charge in [0.15, 0.2) is 0 Å². The van der Waals surface area contributed by atoms with Gasteiger partial charge in [0.25, 0.3) is 0 Å². The highest BCUT2D eigenvalue weighted by atomic mass is 16.1. The summed E-state index contributed by atoms with van der Waals surface area (Å²) in [6.07, 6.45) is 10.8. The van der Waals surface area contributed by atoms with Gasteiger partial charge in [0.1, 0.15) is 5.78 Å². The molecule has 0 saturated heterocycles. The Bertz CT molecular complexity index is 170. The maximum absolute atomic E-state index is 10.9. The molecule has 0 heterocycles. The van der Waals surface area contributed by atoms with Crippen molar-refractivity contribution >= 4 is 5.78 Å². The molecule has 1 nitrogen and oxygen atoms in total. The largest absolute Gasteiger partial charge is 0.300 e. The van der Waals surface area contributed by atoms with Gasteiger partial charge in [-0.25, -0.2) is 0 Å². The normalized spacial score (nSPS) is 24.1. The molecule has 0 bridgehead atoms. The van der Waals surface area contributed by atoms with Gasteiger partial charge in [0.2, 0.25) is 0 Å². The van der Waals surface area contributed by atoms with Gasteiger partial charge in [-0.15, -0.1) is 0 Å². The van der Waals surface area contributed by atoms with Crippen LogP contribution in [-0.2, 0) is 4.79 Å². The maximum Gasteiger partial charge on any atom is 0.133 e. The van der Waals surface area contributed by atoms with Crippen molar-refractivity contribution < 1.29 is 4.79 Å². The first-order chi connectivity index (χ1) is 5.83. The van der Waals surface area contributed by atoms with E-state index >= 15 is 0 Å². The van der Waals surface area contributed by atoms with E-state index in [0.717, 1.165) is 32.1 Å². The van der Waals surface area contributed by atoms with Gasteiger partial charge in [-0.3, -0.25) is 4.79 Å². The number of Topliss-reactive ketones (excluding diaryl/α,β-unsaturated/α-hetero) is 1. The Balaban J connectivity index is 2.08. The number of hydrogen-bond donors (Lipinski definition) is 0. The summed E-state index contributed by atoms with van der Waals surface area (Å²) < 4.78 is 0. The molecular weight excluding hydrogens is 148 g/mol. The zero-order valence-corrected chi connectivity index (χ0v) is 7.88. The van der Waals surface area contributed by atoms with Gasteiger partial charge in [-0.1, -0.05) is 19.1 Å². The van der Waals surface area contributed by atoms with Crippen LogP contribution >= 0.6 is 0 Å². The monoisotopic (exact) mass is 166 g/mol. The van der Waals surface area contributed by atoms with Crippen molar-refractivity contribution in [2.45, 2.75) is 45.4 Å². The van der Waals surface area contributed by atoms with Crippen molar-refractivity contribution in [2.24, 2.45) is 5.92 Å². The summed E-state index contributed by atoms with van der Waals surface area (Å²) >= 11 is 0. The Labute approximate surface area is 74.9 Å². The van der Waals surface area contributed by atoms with Crippen LogP contribution in [0, 0.1) is 5.92 Å². The van der Waals surface area contributed by atoms with E-state index in [0.29, 0.717) is 11.7 Å². The van der Waals surface area contributed by atoms with Crippen LogP contribution in [0.25, 0.3) is 0 Å². The predicted octanol–water partition coefficient (Wildman–Crippen LogP) is 3.10. The molecule has 0 amide bonds. The molecule has 0 aliphatic heterocycles. The van der Waals surface area contributed by atoms with Crippen LogP contribution in [0.2, 0.25) is 0 Å². The van der Waals surface area contributed by atoms with E-state index in [1.807, 2.05) is 0 Å². The quantitative estimate of drug-likeness (QED) is 0.586. The third-order valence-electron chi connectivity index (χ3n) is 2.49. The van der Waals surface area contributed by atoms with Crippen LogP contribution in [0.5, 0.6) is 0 Å². The molecular formula is C11H18O. The van der Waals surface area contributed by atoms with E-state index in [-0.39, 0.29) is 0 Å². The number of allylic oxidation sites excluding steroid dienone is 2. The molecule has 1 aliphatic carbocycles. The third-order valence-corrected chi connectivity index (χ3v) is 2.49. The van der Waals surface area contributed by atoms with Crippen LogP contribution in [0.1, 0.15) is 45.4 Å². The van der Waals surface area contributed by atoms with Gasteiger partial charge in [-0.2, -0.15) is 0 Å². The lowest BCUT2D eigenvalue weighted by Crippen LogP contribution is -1.93. The van der Waals surface area contributed by atoms with E-state index < -0.39 is 0 Å². The average molecular weight is 166 g/mol. The summed E-state index contributed by atoms with van der Waals surface area (Å²) in [6.45, 7) is 2.15. The molecule has 1 atom stereocenters. The molecule has 1 rings (SSSR count). The molecule has 1 aliphatic rings. The first-order valence-corrected chi connectivity index (χ1v) is 4.99. The van der Waals surface area contributed by atoms with Gasteiger partial charge in [-0.05, 0) is 31.6 Å². The second-order valence-electron chi connectivity index (χ2n) is 3.60. The molecule has 1 heteroatoms. The minimum atomic E-state index is 0.472. The summed E-state index contributed by atoms with van der Waals surface area (Å²) in [7, 11) is 0. The van der Waals surface area contributed by atoms with Crippen molar-refractivity contribution in [3.05, 3.63) is 12.2 Å². The third kappa shape index (κ3) is 3.21. The minimum absolute atomic E-state index is 0.472. The summed E-state index contributed by atoms with van der Waals surface area (Å²) in [4.78, 5) is 10.9. The van der Waals surface area contributed by atoms with E-state index in [1.54, 1.807) is 0 Å². The summed E-state index contributed by atoms with van der Waals surface area (Å²) in [5, 5.41) is 0. The Hall–Kier alpha value is -0.590. The SMILES string of the molecule is CC/C=C\CCC1CCC(=O)C1. The number of carbonyl (C=O) groups excluding carboxylic acids is 1. The zero-order chi connectivity index (χ0) is 8.81. The summed E-state index contributed by atoms with van der Waals surface area (Å²) in [5.41, 5.74) is 0. The van der Waals surface area contributed by atoms with Crippen molar-refractivity contribution in [2.75, 3.05) is 0 Å². The first-order valence-electron chi connectivity index (χ1n) is 4.99. The second-order valence-corrected chi connectivity index (χ2v) is 3.60. The van der Waals surface area contributed by atoms with E-state index in [4.69, 9.17) is 0 Å². The zero-order valence-electron chi connectivity index (χ0n) is 7.88. The highest BCUT2D eigenvalue weighted by Gasteiger charge is 2.20. The number of hydrogen-bond acceptors (Lipinski definition) is 1. The van der Waals surface area contributed by atoms with Crippen LogP contribution < -0.4 is 0 Å². The van der Waals surface area contributed by atoms with Gasteiger partial charge >= 0.3 is 0 Å². The molecule has 1 saturated carbocycles. The fourth-order valence-electron chi connectivity index (χ4n) is 1.75.